The van der Waals surface area contributed by atoms with Crippen LogP contribution in [0.1, 0.15) is 24.8 Å². The first-order valence-electron chi connectivity index (χ1n) is 5.96. The molecule has 0 N–H and O–H groups in total. The number of ether oxygens (including phenoxy) is 1. The van der Waals surface area contributed by atoms with Crippen molar-refractivity contribution in [3.8, 4) is 0 Å². The molecule has 88 valence electrons. The second kappa shape index (κ2) is 3.69. The van der Waals surface area contributed by atoms with E-state index in [9.17, 15) is 9.59 Å². The highest BCUT2D eigenvalue weighted by Gasteiger charge is 2.66. The standard InChI is InChI=1S/C14H14O3/c15-12-8-11(14(12)6-7-14)13(16)17-9-10-4-2-1-3-5-10/h1-5,11H,6-9H2. The topological polar surface area (TPSA) is 43.4 Å². The molecule has 1 aromatic rings. The highest BCUT2D eigenvalue weighted by molar-refractivity contribution is 6.01. The Hall–Kier alpha value is -1.64. The summed E-state index contributed by atoms with van der Waals surface area (Å²) in [5, 5.41) is 0. The average Bonchev–Trinajstić information content (AvgIpc) is 3.17. The van der Waals surface area contributed by atoms with Crippen molar-refractivity contribution in [2.45, 2.75) is 25.9 Å². The number of carbonyl (C=O) groups is 2. The Morgan fingerprint density at radius 1 is 1.29 bits per heavy atom. The quantitative estimate of drug-likeness (QED) is 0.747. The van der Waals surface area contributed by atoms with Crippen molar-refractivity contribution in [1.29, 1.82) is 0 Å². The first-order valence-corrected chi connectivity index (χ1v) is 5.96. The number of hydrogen-bond acceptors (Lipinski definition) is 3. The maximum atomic E-state index is 11.8. The van der Waals surface area contributed by atoms with Crippen LogP contribution < -0.4 is 0 Å². The van der Waals surface area contributed by atoms with Crippen molar-refractivity contribution in [2.24, 2.45) is 11.3 Å². The van der Waals surface area contributed by atoms with Crippen LogP contribution in [0.15, 0.2) is 30.3 Å². The van der Waals surface area contributed by atoms with Crippen LogP contribution in [-0.2, 0) is 20.9 Å². The van der Waals surface area contributed by atoms with E-state index in [2.05, 4.69) is 0 Å². The molecule has 0 radical (unpaired) electrons. The summed E-state index contributed by atoms with van der Waals surface area (Å²) in [5.41, 5.74) is 0.685. The molecule has 1 atom stereocenters. The highest BCUT2D eigenvalue weighted by Crippen LogP contribution is 2.62. The molecule has 0 aliphatic heterocycles. The van der Waals surface area contributed by atoms with Crippen molar-refractivity contribution >= 4 is 11.8 Å². The molecule has 0 heterocycles. The molecule has 1 spiro atoms. The predicted molar refractivity (Wildman–Crippen MR) is 61.0 cm³/mol. The van der Waals surface area contributed by atoms with Gasteiger partial charge < -0.3 is 4.74 Å². The lowest BCUT2D eigenvalue weighted by Gasteiger charge is -2.33. The van der Waals surface area contributed by atoms with Gasteiger partial charge >= 0.3 is 5.97 Å². The number of carbonyl (C=O) groups excluding carboxylic acids is 2. The van der Waals surface area contributed by atoms with Crippen molar-refractivity contribution < 1.29 is 14.3 Å². The normalized spacial score (nSPS) is 24.2. The van der Waals surface area contributed by atoms with Gasteiger partial charge in [-0.1, -0.05) is 30.3 Å². The fourth-order valence-corrected chi connectivity index (χ4v) is 2.55. The van der Waals surface area contributed by atoms with Gasteiger partial charge in [0, 0.05) is 11.8 Å². The van der Waals surface area contributed by atoms with Gasteiger partial charge in [0.05, 0.1) is 5.92 Å². The summed E-state index contributed by atoms with van der Waals surface area (Å²) in [5.74, 6) is -0.121. The van der Waals surface area contributed by atoms with E-state index in [0.717, 1.165) is 18.4 Å². The summed E-state index contributed by atoms with van der Waals surface area (Å²) in [6, 6.07) is 9.60. The number of benzene rings is 1. The van der Waals surface area contributed by atoms with E-state index in [1.54, 1.807) is 0 Å². The lowest BCUT2D eigenvalue weighted by molar-refractivity contribution is -0.163. The number of esters is 1. The van der Waals surface area contributed by atoms with Gasteiger partial charge in [-0.3, -0.25) is 9.59 Å². The molecule has 3 heteroatoms. The van der Waals surface area contributed by atoms with Crippen LogP contribution in [0.4, 0.5) is 0 Å². The minimum Gasteiger partial charge on any atom is -0.461 e. The highest BCUT2D eigenvalue weighted by atomic mass is 16.5. The Morgan fingerprint density at radius 2 is 2.00 bits per heavy atom. The number of Topliss-reactive ketones (excluding diaryl/α,β-unsaturated/α-hetero) is 1. The SMILES string of the molecule is O=C(OCc1ccccc1)C1CC(=O)C12CC2. The fourth-order valence-electron chi connectivity index (χ4n) is 2.55. The van der Waals surface area contributed by atoms with E-state index in [4.69, 9.17) is 4.74 Å². The van der Waals surface area contributed by atoms with Crippen LogP contribution in [0, 0.1) is 11.3 Å². The Kier molecular flexibility index (Phi) is 2.28. The van der Waals surface area contributed by atoms with Gasteiger partial charge in [0.15, 0.2) is 0 Å². The van der Waals surface area contributed by atoms with E-state index in [1.165, 1.54) is 0 Å². The molecule has 1 unspecified atom stereocenters. The van der Waals surface area contributed by atoms with Gasteiger partial charge in [0.25, 0.3) is 0 Å². The summed E-state index contributed by atoms with van der Waals surface area (Å²) in [4.78, 5) is 23.2. The van der Waals surface area contributed by atoms with Gasteiger partial charge in [-0.05, 0) is 18.4 Å². The van der Waals surface area contributed by atoms with E-state index < -0.39 is 0 Å². The maximum absolute atomic E-state index is 11.8. The monoisotopic (exact) mass is 230 g/mol. The zero-order valence-corrected chi connectivity index (χ0v) is 9.52. The predicted octanol–water partition coefficient (Wildman–Crippen LogP) is 2.10. The van der Waals surface area contributed by atoms with Gasteiger partial charge in [0.2, 0.25) is 0 Å². The third kappa shape index (κ3) is 1.66. The average molecular weight is 230 g/mol. The lowest BCUT2D eigenvalue weighted by atomic mass is 9.69. The van der Waals surface area contributed by atoms with E-state index in [0.29, 0.717) is 13.0 Å². The summed E-state index contributed by atoms with van der Waals surface area (Å²) >= 11 is 0. The first-order chi connectivity index (χ1) is 8.22. The van der Waals surface area contributed by atoms with Crippen molar-refractivity contribution in [2.75, 3.05) is 0 Å². The number of rotatable bonds is 3. The van der Waals surface area contributed by atoms with Crippen molar-refractivity contribution in [1.82, 2.24) is 0 Å². The van der Waals surface area contributed by atoms with Crippen LogP contribution in [-0.4, -0.2) is 11.8 Å². The third-order valence-corrected chi connectivity index (χ3v) is 3.91. The number of hydrogen-bond donors (Lipinski definition) is 0. The molecule has 2 aliphatic carbocycles. The summed E-state index contributed by atoms with van der Waals surface area (Å²) in [6.07, 6.45) is 2.13. The van der Waals surface area contributed by atoms with Crippen molar-refractivity contribution in [3.05, 3.63) is 35.9 Å². The van der Waals surface area contributed by atoms with E-state index >= 15 is 0 Å². The molecule has 0 amide bonds. The van der Waals surface area contributed by atoms with Gasteiger partial charge in [-0.2, -0.15) is 0 Å². The zero-order chi connectivity index (χ0) is 11.9. The molecule has 2 saturated carbocycles. The number of ketones is 1. The van der Waals surface area contributed by atoms with Gasteiger partial charge in [-0.15, -0.1) is 0 Å². The molecule has 0 aromatic heterocycles. The Bertz CT molecular complexity index is 460. The van der Waals surface area contributed by atoms with Crippen LogP contribution in [0.25, 0.3) is 0 Å². The molecule has 0 saturated heterocycles. The lowest BCUT2D eigenvalue weighted by Crippen LogP contribution is -2.44. The van der Waals surface area contributed by atoms with Crippen LogP contribution >= 0.6 is 0 Å². The molecule has 1 aromatic carbocycles. The Balaban J connectivity index is 1.57. The molecule has 3 rings (SSSR count). The molecule has 3 nitrogen and oxygen atoms in total. The molecular weight excluding hydrogens is 216 g/mol. The Labute approximate surface area is 99.8 Å². The summed E-state index contributed by atoms with van der Waals surface area (Å²) in [6.45, 7) is 0.306. The minimum atomic E-state index is -0.298. The maximum Gasteiger partial charge on any atom is 0.310 e. The molecule has 0 bridgehead atoms. The largest absolute Gasteiger partial charge is 0.461 e. The fraction of sp³-hybridized carbons (Fsp3) is 0.429. The first kappa shape index (κ1) is 10.5. The minimum absolute atomic E-state index is 0.168. The third-order valence-electron chi connectivity index (χ3n) is 3.91. The Morgan fingerprint density at radius 3 is 2.59 bits per heavy atom. The van der Waals surface area contributed by atoms with Crippen LogP contribution in [0.5, 0.6) is 0 Å². The summed E-state index contributed by atoms with van der Waals surface area (Å²) in [7, 11) is 0. The van der Waals surface area contributed by atoms with Crippen LogP contribution in [0.2, 0.25) is 0 Å². The second-order valence-corrected chi connectivity index (χ2v) is 4.93. The van der Waals surface area contributed by atoms with Crippen LogP contribution in [0.3, 0.4) is 0 Å². The molecule has 2 fully saturated rings. The van der Waals surface area contributed by atoms with Gasteiger partial charge in [0.1, 0.15) is 12.4 Å². The molecule has 17 heavy (non-hydrogen) atoms. The summed E-state index contributed by atoms with van der Waals surface area (Å²) < 4.78 is 5.26. The molecule has 2 aliphatic rings. The van der Waals surface area contributed by atoms with E-state index in [1.807, 2.05) is 30.3 Å². The van der Waals surface area contributed by atoms with E-state index in [-0.39, 0.29) is 23.1 Å². The second-order valence-electron chi connectivity index (χ2n) is 4.93. The van der Waals surface area contributed by atoms with Gasteiger partial charge in [-0.25, -0.2) is 0 Å². The smallest absolute Gasteiger partial charge is 0.310 e. The zero-order valence-electron chi connectivity index (χ0n) is 9.52. The molecular formula is C14H14O3. The van der Waals surface area contributed by atoms with Crippen molar-refractivity contribution in [3.63, 3.8) is 0 Å².